The Kier molecular flexibility index (Phi) is 37.6. The number of nitrogens with zero attached hydrogens (tertiary/aromatic N) is 11. The van der Waals surface area contributed by atoms with Crippen molar-refractivity contribution >= 4 is 129 Å². The summed E-state index contributed by atoms with van der Waals surface area (Å²) in [6.07, 6.45) is 9.47. The van der Waals surface area contributed by atoms with Crippen LogP contribution in [0.2, 0.25) is 0 Å². The summed E-state index contributed by atoms with van der Waals surface area (Å²) in [4.78, 5) is 145. The molecule has 6 heterocycles. The fourth-order valence-corrected chi connectivity index (χ4v) is 22.3. The zero-order valence-corrected chi connectivity index (χ0v) is 87.9. The summed E-state index contributed by atoms with van der Waals surface area (Å²) in [5.41, 5.74) is 7.02. The Balaban J connectivity index is 0.603. The number of urea groups is 1. The molecule has 0 unspecified atom stereocenters. The van der Waals surface area contributed by atoms with Gasteiger partial charge in [0.15, 0.2) is 0 Å². The van der Waals surface area contributed by atoms with Crippen molar-refractivity contribution < 1.29 is 86.7 Å². The van der Waals surface area contributed by atoms with E-state index in [1.165, 1.54) is 57.0 Å². The van der Waals surface area contributed by atoms with Crippen LogP contribution in [0, 0.1) is 29.1 Å². The fraction of sp³-hybridized carbons (Fsp3) is 0.505. The Bertz CT molecular complexity index is 6290. The Hall–Kier alpha value is -11.8. The van der Waals surface area contributed by atoms with Crippen LogP contribution < -0.4 is 52.6 Å². The molecule has 0 spiro atoms. The normalized spacial score (nSPS) is 17.3. The van der Waals surface area contributed by atoms with Crippen LogP contribution in [0.25, 0.3) is 27.3 Å². The molecule has 7 atom stereocenters. The van der Waals surface area contributed by atoms with Crippen molar-refractivity contribution in [2.45, 2.75) is 234 Å². The molecule has 10 amide bonds. The Morgan fingerprint density at radius 1 is 0.710 bits per heavy atom. The number of allylic oxidation sites excluding steroid dienone is 1. The number of primary amides is 1. The standard InChI is InChI=1S/C101H133F3N20O16S5/c1-64(2)87(115-95(133)100(10,11)42-45-123-61-82(116-118-123)72-57-107-97(108-58-72)143(12,135)136)93(131)113-81(22-19-43-106-96(105)134)91(129)112-73-33-29-68(30-34-73)79-39-41-99(8,9)56-71(79)59-120-48-50-121(51-49-120)75-35-31-70(32-36-75)90(128)117-145(139,140)78-37-38-80(84(55-78)144(137,138)101(102,103)104)111-74(62-141-77-20-15-13-16-21-77)40-44-119-46-52-122(53-47-119)86(127)24-18-14-17-23-85(126)114-89(98(5,6)7)94(132)124-60-76(125)54-83(124)92(130)110-65(3)67-25-27-69(28-26-67)88-66(4)109-63-142-88/h13,15-16,20-21,25-38,55,57-58,61,63-65,74,76,81,83,87,89,111,125H,14,17-19,22-24,39-54,56,59-60,62H2,1-12H3,(H,110,130)(H,112,129)(H,113,131)(H,114,126)(H,115,133)(H,117,128)(H3,105,106,134)/t65-,74+,76+,81-,83-,87-,89+/m0/s1. The number of aromatic nitrogens is 6. The number of aryl methyl sites for hydroxylation is 2. The maximum atomic E-state index is 14.8. The SMILES string of the molecule is Cc1ncsc1-c1ccc([C@H](C)NC(=O)[C@@H]2C[C@@H](O)CN2C(=O)[C@@H](NC(=O)CCCCCC(=O)N2CCN(CC[C@H](CSc3ccccc3)Nc3ccc(S(=O)(=O)NC(=O)c4ccc(N5CCN(CC6=C(c7ccc(NC(=O)[C@H](CCCNC(N)=O)NC(=O)[C@@H](NC(=O)C(C)(C)CCn8cc(-c9cnc(S(C)(=O)=O)nc9)nn8)C(C)C)cc7)CCC(C)(C)C6)CC5)cc4)cc3S(=O)(=O)C(F)(F)F)CC2)C(C)(C)C)cc1. The number of nitrogens with one attached hydrogen (secondary N) is 8. The maximum absolute atomic E-state index is 14.8. The minimum Gasteiger partial charge on any atom is -0.391 e. The number of sulfonamides is 1. The van der Waals surface area contributed by atoms with E-state index in [9.17, 15) is 86.7 Å². The average molecular weight is 2100 g/mol. The van der Waals surface area contributed by atoms with Crippen molar-refractivity contribution in [3.63, 3.8) is 0 Å². The van der Waals surface area contributed by atoms with Crippen molar-refractivity contribution in [2.75, 3.05) is 106 Å². The second kappa shape index (κ2) is 48.7. The van der Waals surface area contributed by atoms with E-state index in [1.807, 2.05) is 106 Å². The fourth-order valence-electron chi connectivity index (χ4n) is 18.0. The summed E-state index contributed by atoms with van der Waals surface area (Å²) in [5.74, 6) is -4.26. The summed E-state index contributed by atoms with van der Waals surface area (Å²) in [5, 5.41) is 39.0. The molecule has 5 aromatic carbocycles. The molecule has 12 rings (SSSR count). The van der Waals surface area contributed by atoms with Gasteiger partial charge in [0.25, 0.3) is 25.8 Å². The molecule has 0 saturated carbocycles. The molecule has 3 saturated heterocycles. The van der Waals surface area contributed by atoms with Crippen LogP contribution in [0.15, 0.2) is 171 Å². The van der Waals surface area contributed by atoms with Gasteiger partial charge in [-0.15, -0.1) is 28.2 Å². The number of aliphatic hydroxyl groups excluding tert-OH is 1. The number of hydrogen-bond donors (Lipinski definition) is 10. The molecule has 36 nitrogen and oxygen atoms in total. The second-order valence-corrected chi connectivity index (χ2v) is 47.9. The molecule has 11 N–H and O–H groups in total. The minimum absolute atomic E-state index is 0.00477. The number of unbranched alkanes of at least 4 members (excludes halogenated alkanes) is 2. The highest BCUT2D eigenvalue weighted by Gasteiger charge is 2.50. The molecular weight excluding hydrogens is 1970 g/mol. The van der Waals surface area contributed by atoms with E-state index in [4.69, 9.17) is 5.73 Å². The van der Waals surface area contributed by atoms with E-state index in [0.717, 1.165) is 75.5 Å². The number of sulfone groups is 2. The summed E-state index contributed by atoms with van der Waals surface area (Å²) in [6, 6.07) is 26.8. The van der Waals surface area contributed by atoms with Crippen LogP contribution in [0.5, 0.6) is 0 Å². The number of thioether (sulfide) groups is 1. The summed E-state index contributed by atoms with van der Waals surface area (Å²) in [7, 11) is -14.9. The second-order valence-electron chi connectivity index (χ2n) is 40.5. The number of thiazole rings is 1. The molecular formula is C101H133F3N20O16S5. The van der Waals surface area contributed by atoms with E-state index in [-0.39, 0.29) is 98.3 Å². The predicted octanol–water partition coefficient (Wildman–Crippen LogP) is 11.3. The molecule has 3 aromatic heterocycles. The lowest BCUT2D eigenvalue weighted by atomic mass is 9.72. The van der Waals surface area contributed by atoms with E-state index >= 15 is 0 Å². The van der Waals surface area contributed by atoms with E-state index < -0.39 is 151 Å². The number of rotatable bonds is 44. The molecule has 3 fully saturated rings. The van der Waals surface area contributed by atoms with Gasteiger partial charge in [-0.25, -0.2) is 49.7 Å². The zero-order chi connectivity index (χ0) is 105. The molecule has 3 aliphatic heterocycles. The molecule has 0 bridgehead atoms. The minimum atomic E-state index is -6.25. The number of anilines is 3. The number of carbonyl (C=O) groups is 9. The highest BCUT2D eigenvalue weighted by molar-refractivity contribution is 7.99. The first-order valence-electron chi connectivity index (χ1n) is 48.7. The molecule has 8 aromatic rings. The lowest BCUT2D eigenvalue weighted by molar-refractivity contribution is -0.144. The Morgan fingerprint density at radius 2 is 1.37 bits per heavy atom. The number of halogens is 3. The molecule has 4 aliphatic rings. The van der Waals surface area contributed by atoms with Gasteiger partial charge in [0.2, 0.25) is 56.3 Å². The lowest BCUT2D eigenvalue weighted by Gasteiger charge is -2.39. The molecule has 44 heteroatoms. The van der Waals surface area contributed by atoms with Gasteiger partial charge in [-0.05, 0) is 177 Å². The van der Waals surface area contributed by atoms with Gasteiger partial charge < -0.3 is 62.8 Å². The monoisotopic (exact) mass is 2100 g/mol. The van der Waals surface area contributed by atoms with Gasteiger partial charge in [0.1, 0.15) is 34.8 Å². The number of benzene rings is 5. The van der Waals surface area contributed by atoms with Crippen LogP contribution in [-0.2, 0) is 69.8 Å². The van der Waals surface area contributed by atoms with Gasteiger partial charge in [-0.1, -0.05) is 134 Å². The van der Waals surface area contributed by atoms with Crippen LogP contribution in [0.1, 0.15) is 186 Å². The zero-order valence-electron chi connectivity index (χ0n) is 83.8. The number of aliphatic hydroxyl groups is 1. The topological polar surface area (TPSA) is 484 Å². The molecule has 1 aliphatic carbocycles. The van der Waals surface area contributed by atoms with Crippen LogP contribution in [-0.4, -0.2) is 266 Å². The number of piperazine rings is 2. The van der Waals surface area contributed by atoms with Gasteiger partial charge in [0, 0.05) is 168 Å². The van der Waals surface area contributed by atoms with Crippen LogP contribution in [0.3, 0.4) is 0 Å². The number of amides is 10. The first-order chi connectivity index (χ1) is 68.4. The first kappa shape index (κ1) is 112. The molecule has 145 heavy (non-hydrogen) atoms. The smallest absolute Gasteiger partial charge is 0.391 e. The van der Waals surface area contributed by atoms with Crippen LogP contribution in [0.4, 0.5) is 35.0 Å². The van der Waals surface area contributed by atoms with Gasteiger partial charge in [-0.2, -0.15) is 13.2 Å². The van der Waals surface area contributed by atoms with E-state index in [0.29, 0.717) is 108 Å². The van der Waals surface area contributed by atoms with E-state index in [2.05, 4.69) is 91.0 Å². The van der Waals surface area contributed by atoms with Crippen molar-refractivity contribution in [1.82, 2.24) is 80.9 Å². The Labute approximate surface area is 853 Å². The number of carbonyl (C=O) groups excluding carboxylic acids is 9. The third-order valence-corrected chi connectivity index (χ3v) is 32.6. The number of likely N-dealkylation sites (tertiary alicyclic amines) is 1. The lowest BCUT2D eigenvalue weighted by Crippen LogP contribution is -2.57. The number of nitrogens with two attached hydrogens (primary N) is 1. The number of hydrogen-bond acceptors (Lipinski definition) is 27. The average Bonchev–Trinajstić information content (AvgIpc) is 1.47. The number of alkyl halides is 3. The first-order valence-corrected chi connectivity index (χ1v) is 55.4. The third-order valence-electron chi connectivity index (χ3n) is 26.7. The summed E-state index contributed by atoms with van der Waals surface area (Å²) >= 11 is 2.91. The molecule has 784 valence electrons. The quantitative estimate of drug-likeness (QED) is 0.00963. The van der Waals surface area contributed by atoms with Crippen LogP contribution >= 0.6 is 23.1 Å². The molecule has 0 radical (unpaired) electrons. The summed E-state index contributed by atoms with van der Waals surface area (Å²) in [6.45, 7) is 26.1. The van der Waals surface area contributed by atoms with Crippen molar-refractivity contribution in [2.24, 2.45) is 27.9 Å². The summed E-state index contributed by atoms with van der Waals surface area (Å²) < 4.78 is 127. The predicted molar refractivity (Wildman–Crippen MR) is 549 cm³/mol. The van der Waals surface area contributed by atoms with Gasteiger partial charge >= 0.3 is 11.5 Å². The third kappa shape index (κ3) is 30.7. The van der Waals surface area contributed by atoms with Crippen molar-refractivity contribution in [1.29, 1.82) is 0 Å². The Morgan fingerprint density at radius 3 is 2.01 bits per heavy atom. The van der Waals surface area contributed by atoms with E-state index in [1.54, 1.807) is 79.9 Å². The van der Waals surface area contributed by atoms with Gasteiger partial charge in [-0.3, -0.25) is 52.8 Å². The number of β-amino-alcohol motifs (C(OH)–C–C–N with tert-alkyl or cyclic N) is 1. The van der Waals surface area contributed by atoms with Crippen molar-refractivity contribution in [3.8, 4) is 21.7 Å². The largest absolute Gasteiger partial charge is 0.501 e. The highest BCUT2D eigenvalue weighted by Crippen LogP contribution is 2.44. The van der Waals surface area contributed by atoms with Gasteiger partial charge in [0.05, 0.1) is 45.0 Å². The highest BCUT2D eigenvalue weighted by atomic mass is 32.2. The maximum Gasteiger partial charge on any atom is 0.501 e. The van der Waals surface area contributed by atoms with Crippen molar-refractivity contribution in [3.05, 3.63) is 173 Å².